The summed E-state index contributed by atoms with van der Waals surface area (Å²) in [6.07, 6.45) is 1.99. The Labute approximate surface area is 105 Å². The lowest BCUT2D eigenvalue weighted by Gasteiger charge is -2.03. The van der Waals surface area contributed by atoms with Gasteiger partial charge in [-0.25, -0.2) is 9.97 Å². The Bertz CT molecular complexity index is 497. The van der Waals surface area contributed by atoms with E-state index in [1.807, 2.05) is 18.2 Å². The lowest BCUT2D eigenvalue weighted by Crippen LogP contribution is -1.96. The van der Waals surface area contributed by atoms with Crippen LogP contribution in [0.2, 0.25) is 0 Å². The summed E-state index contributed by atoms with van der Waals surface area (Å²) in [5.74, 6) is 0.902. The molecule has 0 saturated heterocycles. The Morgan fingerprint density at radius 1 is 1.20 bits per heavy atom. The Hall–Kier alpha value is -0.480. The largest absolute Gasteiger partial charge is 0.233 e. The van der Waals surface area contributed by atoms with Crippen molar-refractivity contribution in [3.8, 4) is 0 Å². The van der Waals surface area contributed by atoms with Crippen LogP contribution in [0.3, 0.4) is 0 Å². The molecule has 0 unspecified atom stereocenters. The van der Waals surface area contributed by atoms with E-state index in [0.29, 0.717) is 0 Å². The van der Waals surface area contributed by atoms with Crippen molar-refractivity contribution in [2.75, 3.05) is 0 Å². The second-order valence-corrected chi connectivity index (χ2v) is 5.01. The van der Waals surface area contributed by atoms with E-state index in [9.17, 15) is 0 Å². The first-order chi connectivity index (χ1) is 7.20. The highest BCUT2D eigenvalue weighted by atomic mass is 79.9. The van der Waals surface area contributed by atoms with Crippen LogP contribution in [-0.4, -0.2) is 9.97 Å². The number of benzene rings is 1. The smallest absolute Gasteiger partial charge is 0.130 e. The van der Waals surface area contributed by atoms with Gasteiger partial charge in [0.15, 0.2) is 0 Å². The van der Waals surface area contributed by atoms with Gasteiger partial charge >= 0.3 is 0 Å². The van der Waals surface area contributed by atoms with Crippen molar-refractivity contribution in [3.63, 3.8) is 0 Å². The molecule has 0 spiro atoms. The molecule has 0 amide bonds. The summed E-state index contributed by atoms with van der Waals surface area (Å²) in [6, 6.07) is 6.03. The van der Waals surface area contributed by atoms with Gasteiger partial charge in [0.25, 0.3) is 0 Å². The number of aryl methyl sites for hydroxylation is 1. The fourth-order valence-electron chi connectivity index (χ4n) is 1.44. The highest BCUT2D eigenvalue weighted by Gasteiger charge is 2.05. The zero-order valence-corrected chi connectivity index (χ0v) is 11.5. The zero-order chi connectivity index (χ0) is 10.8. The Kier molecular flexibility index (Phi) is 3.36. The Morgan fingerprint density at radius 2 is 2.00 bits per heavy atom. The predicted molar refractivity (Wildman–Crippen MR) is 68.9 cm³/mol. The molecular formula is C11H10Br2N2. The van der Waals surface area contributed by atoms with Crippen LogP contribution in [0.25, 0.3) is 10.9 Å². The minimum absolute atomic E-state index is 0.872. The fourth-order valence-corrected chi connectivity index (χ4v) is 2.33. The third kappa shape index (κ3) is 2.37. The summed E-state index contributed by atoms with van der Waals surface area (Å²) in [4.78, 5) is 8.92. The van der Waals surface area contributed by atoms with E-state index < -0.39 is 0 Å². The van der Waals surface area contributed by atoms with Crippen molar-refractivity contribution >= 4 is 42.8 Å². The SMILES string of the molecule is CCCc1nc(Br)c2cc(Br)ccc2n1. The van der Waals surface area contributed by atoms with E-state index in [-0.39, 0.29) is 0 Å². The molecule has 0 bridgehead atoms. The number of rotatable bonds is 2. The molecule has 4 heteroatoms. The second kappa shape index (κ2) is 4.58. The summed E-state index contributed by atoms with van der Waals surface area (Å²) in [7, 11) is 0. The van der Waals surface area contributed by atoms with Crippen LogP contribution >= 0.6 is 31.9 Å². The van der Waals surface area contributed by atoms with Crippen LogP contribution in [0.15, 0.2) is 27.3 Å². The van der Waals surface area contributed by atoms with Gasteiger partial charge in [-0.1, -0.05) is 22.9 Å². The molecule has 0 atom stereocenters. The molecule has 0 fully saturated rings. The Morgan fingerprint density at radius 3 is 2.73 bits per heavy atom. The predicted octanol–water partition coefficient (Wildman–Crippen LogP) is 4.11. The molecule has 0 N–H and O–H groups in total. The summed E-state index contributed by atoms with van der Waals surface area (Å²) < 4.78 is 1.92. The second-order valence-electron chi connectivity index (χ2n) is 3.34. The third-order valence-electron chi connectivity index (χ3n) is 2.13. The highest BCUT2D eigenvalue weighted by Crippen LogP contribution is 2.24. The number of aromatic nitrogens is 2. The average Bonchev–Trinajstić information content (AvgIpc) is 2.20. The molecule has 0 aliphatic carbocycles. The normalized spacial score (nSPS) is 10.9. The molecule has 0 radical (unpaired) electrons. The first-order valence-electron chi connectivity index (χ1n) is 4.82. The third-order valence-corrected chi connectivity index (χ3v) is 3.23. The quantitative estimate of drug-likeness (QED) is 0.775. The average molecular weight is 330 g/mol. The number of halogens is 2. The van der Waals surface area contributed by atoms with Gasteiger partial charge in [-0.2, -0.15) is 0 Å². The summed E-state index contributed by atoms with van der Waals surface area (Å²) in [5.41, 5.74) is 0.989. The molecule has 0 saturated carbocycles. The summed E-state index contributed by atoms with van der Waals surface area (Å²) in [5, 5.41) is 1.05. The van der Waals surface area contributed by atoms with Gasteiger partial charge < -0.3 is 0 Å². The monoisotopic (exact) mass is 328 g/mol. The molecule has 2 rings (SSSR count). The lowest BCUT2D eigenvalue weighted by molar-refractivity contribution is 0.840. The standard InChI is InChI=1S/C11H10Br2N2/c1-2-3-10-14-9-5-4-7(12)6-8(9)11(13)15-10/h4-6H,2-3H2,1H3. The lowest BCUT2D eigenvalue weighted by atomic mass is 10.2. The minimum Gasteiger partial charge on any atom is -0.233 e. The van der Waals surface area contributed by atoms with E-state index in [1.54, 1.807) is 0 Å². The molecule has 1 aromatic carbocycles. The van der Waals surface area contributed by atoms with E-state index >= 15 is 0 Å². The van der Waals surface area contributed by atoms with Gasteiger partial charge in [0.1, 0.15) is 10.4 Å². The zero-order valence-electron chi connectivity index (χ0n) is 8.30. The summed E-state index contributed by atoms with van der Waals surface area (Å²) >= 11 is 6.92. The number of fused-ring (bicyclic) bond motifs is 1. The molecule has 2 nitrogen and oxygen atoms in total. The first kappa shape index (κ1) is 11.0. The topological polar surface area (TPSA) is 25.8 Å². The number of nitrogens with zero attached hydrogens (tertiary/aromatic N) is 2. The maximum Gasteiger partial charge on any atom is 0.130 e. The fraction of sp³-hybridized carbons (Fsp3) is 0.273. The van der Waals surface area contributed by atoms with Crippen LogP contribution in [0.4, 0.5) is 0 Å². The maximum atomic E-state index is 4.50. The molecule has 0 aliphatic rings. The van der Waals surface area contributed by atoms with E-state index in [1.165, 1.54) is 0 Å². The van der Waals surface area contributed by atoms with Crippen LogP contribution in [0.1, 0.15) is 19.2 Å². The molecule has 2 aromatic rings. The van der Waals surface area contributed by atoms with Gasteiger partial charge in [0.05, 0.1) is 5.52 Å². The molecule has 15 heavy (non-hydrogen) atoms. The molecule has 1 heterocycles. The van der Waals surface area contributed by atoms with Gasteiger partial charge in [-0.3, -0.25) is 0 Å². The van der Waals surface area contributed by atoms with Crippen LogP contribution in [0, 0.1) is 0 Å². The molecule has 0 aliphatic heterocycles. The van der Waals surface area contributed by atoms with Crippen LogP contribution < -0.4 is 0 Å². The van der Waals surface area contributed by atoms with Gasteiger partial charge in [-0.15, -0.1) is 0 Å². The van der Waals surface area contributed by atoms with Crippen molar-refractivity contribution in [3.05, 3.63) is 33.1 Å². The van der Waals surface area contributed by atoms with Crippen molar-refractivity contribution < 1.29 is 0 Å². The van der Waals surface area contributed by atoms with Crippen molar-refractivity contribution in [2.24, 2.45) is 0 Å². The van der Waals surface area contributed by atoms with Crippen molar-refractivity contribution in [1.82, 2.24) is 9.97 Å². The van der Waals surface area contributed by atoms with Crippen LogP contribution in [0.5, 0.6) is 0 Å². The summed E-state index contributed by atoms with van der Waals surface area (Å²) in [6.45, 7) is 2.13. The first-order valence-corrected chi connectivity index (χ1v) is 6.41. The van der Waals surface area contributed by atoms with Crippen molar-refractivity contribution in [1.29, 1.82) is 0 Å². The molecule has 78 valence electrons. The maximum absolute atomic E-state index is 4.50. The Balaban J connectivity index is 2.62. The highest BCUT2D eigenvalue weighted by molar-refractivity contribution is 9.11. The van der Waals surface area contributed by atoms with Gasteiger partial charge in [0, 0.05) is 16.3 Å². The number of hydrogen-bond donors (Lipinski definition) is 0. The van der Waals surface area contributed by atoms with Gasteiger partial charge in [0.2, 0.25) is 0 Å². The van der Waals surface area contributed by atoms with E-state index in [2.05, 4.69) is 48.8 Å². The molecular weight excluding hydrogens is 320 g/mol. The van der Waals surface area contributed by atoms with Gasteiger partial charge in [-0.05, 0) is 40.5 Å². The number of hydrogen-bond acceptors (Lipinski definition) is 2. The minimum atomic E-state index is 0.872. The molecule has 1 aromatic heterocycles. The van der Waals surface area contributed by atoms with E-state index in [4.69, 9.17) is 0 Å². The van der Waals surface area contributed by atoms with Crippen molar-refractivity contribution in [2.45, 2.75) is 19.8 Å². The van der Waals surface area contributed by atoms with Crippen LogP contribution in [-0.2, 0) is 6.42 Å². The van der Waals surface area contributed by atoms with E-state index in [0.717, 1.165) is 38.6 Å².